The fourth-order valence-corrected chi connectivity index (χ4v) is 1.99. The van der Waals surface area contributed by atoms with Crippen molar-refractivity contribution >= 4 is 0 Å². The van der Waals surface area contributed by atoms with Gasteiger partial charge in [0.1, 0.15) is 0 Å². The van der Waals surface area contributed by atoms with E-state index in [1.54, 1.807) is 0 Å². The molecule has 2 rings (SSSR count). The molecule has 1 N–H and O–H groups in total. The fourth-order valence-electron chi connectivity index (χ4n) is 1.99. The van der Waals surface area contributed by atoms with Crippen molar-refractivity contribution in [1.29, 1.82) is 0 Å². The van der Waals surface area contributed by atoms with Crippen LogP contribution >= 0.6 is 0 Å². The second kappa shape index (κ2) is 3.15. The molecule has 0 spiro atoms. The van der Waals surface area contributed by atoms with Crippen molar-refractivity contribution in [2.45, 2.75) is 25.7 Å². The minimum absolute atomic E-state index is 0.438. The molecule has 0 saturated carbocycles. The Balaban J connectivity index is 2.28. The Bertz CT molecular complexity index is 277. The third-order valence-corrected chi connectivity index (χ3v) is 3.27. The first-order valence-corrected chi connectivity index (χ1v) is 5.05. The monoisotopic (exact) mass is 175 g/mol. The number of aryl methyl sites for hydroxylation is 1. The van der Waals surface area contributed by atoms with Crippen LogP contribution in [-0.4, -0.2) is 13.1 Å². The van der Waals surface area contributed by atoms with Crippen LogP contribution in [0.25, 0.3) is 0 Å². The van der Waals surface area contributed by atoms with Gasteiger partial charge < -0.3 is 5.32 Å². The zero-order chi connectivity index (χ0) is 9.31. The molecule has 1 heteroatoms. The molecule has 0 bridgehead atoms. The van der Waals surface area contributed by atoms with Crippen molar-refractivity contribution < 1.29 is 0 Å². The highest BCUT2D eigenvalue weighted by atomic mass is 15.0. The summed E-state index contributed by atoms with van der Waals surface area (Å²) in [5, 5.41) is 3.37. The van der Waals surface area contributed by atoms with Gasteiger partial charge in [-0.3, -0.25) is 0 Å². The first kappa shape index (κ1) is 8.76. The summed E-state index contributed by atoms with van der Waals surface area (Å²) in [5.74, 6) is 0. The van der Waals surface area contributed by atoms with Gasteiger partial charge in [-0.1, -0.05) is 36.8 Å². The van der Waals surface area contributed by atoms with E-state index in [4.69, 9.17) is 0 Å². The van der Waals surface area contributed by atoms with Crippen LogP contribution in [0.15, 0.2) is 24.3 Å². The van der Waals surface area contributed by atoms with E-state index in [2.05, 4.69) is 43.4 Å². The summed E-state index contributed by atoms with van der Waals surface area (Å²) in [6, 6.07) is 8.98. The highest BCUT2D eigenvalue weighted by molar-refractivity contribution is 5.31. The molecular formula is C12H17N. The third-order valence-electron chi connectivity index (χ3n) is 3.27. The number of benzene rings is 1. The average molecular weight is 175 g/mol. The van der Waals surface area contributed by atoms with Gasteiger partial charge in [-0.25, -0.2) is 0 Å². The van der Waals surface area contributed by atoms with Crippen molar-refractivity contribution in [1.82, 2.24) is 5.32 Å². The summed E-state index contributed by atoms with van der Waals surface area (Å²) in [7, 11) is 0. The van der Waals surface area contributed by atoms with E-state index in [1.165, 1.54) is 17.5 Å². The predicted molar refractivity (Wildman–Crippen MR) is 56.0 cm³/mol. The quantitative estimate of drug-likeness (QED) is 0.727. The predicted octanol–water partition coefficient (Wildman–Crippen LogP) is 2.25. The van der Waals surface area contributed by atoms with Gasteiger partial charge in [0.2, 0.25) is 0 Å². The van der Waals surface area contributed by atoms with Crippen molar-refractivity contribution in [2.75, 3.05) is 13.1 Å². The maximum atomic E-state index is 3.37. The largest absolute Gasteiger partial charge is 0.315 e. The molecule has 0 aromatic heterocycles. The summed E-state index contributed by atoms with van der Waals surface area (Å²) in [5.41, 5.74) is 3.29. The van der Waals surface area contributed by atoms with Crippen molar-refractivity contribution in [3.63, 3.8) is 0 Å². The Morgan fingerprint density at radius 1 is 1.23 bits per heavy atom. The molecule has 70 valence electrons. The van der Waals surface area contributed by atoms with E-state index in [0.717, 1.165) is 13.1 Å². The maximum Gasteiger partial charge on any atom is 0.0200 e. The minimum atomic E-state index is 0.438. The summed E-state index contributed by atoms with van der Waals surface area (Å²) in [4.78, 5) is 0. The number of nitrogens with one attached hydrogen (secondary N) is 1. The van der Waals surface area contributed by atoms with Crippen LogP contribution in [0.5, 0.6) is 0 Å². The molecule has 0 aliphatic carbocycles. The molecular weight excluding hydrogens is 158 g/mol. The Labute approximate surface area is 80.2 Å². The van der Waals surface area contributed by atoms with Crippen LogP contribution in [0.1, 0.15) is 24.5 Å². The number of hydrogen-bond donors (Lipinski definition) is 1. The summed E-state index contributed by atoms with van der Waals surface area (Å²) in [6.45, 7) is 6.71. The van der Waals surface area contributed by atoms with Gasteiger partial charge in [-0.2, -0.15) is 0 Å². The van der Waals surface area contributed by atoms with Gasteiger partial charge >= 0.3 is 0 Å². The first-order valence-electron chi connectivity index (χ1n) is 5.05. The first-order chi connectivity index (χ1) is 6.27. The lowest BCUT2D eigenvalue weighted by Gasteiger charge is -2.42. The molecule has 0 radical (unpaired) electrons. The van der Waals surface area contributed by atoms with Crippen LogP contribution in [0, 0.1) is 6.92 Å². The van der Waals surface area contributed by atoms with E-state index in [-0.39, 0.29) is 0 Å². The standard InChI is InChI=1S/C12H17N/c1-3-12(8-13-9-12)11-6-4-10(2)5-7-11/h4-7,13H,3,8-9H2,1-2H3. The lowest BCUT2D eigenvalue weighted by atomic mass is 9.73. The van der Waals surface area contributed by atoms with Gasteiger partial charge in [0.15, 0.2) is 0 Å². The molecule has 1 nitrogen and oxygen atoms in total. The molecule has 1 fully saturated rings. The topological polar surface area (TPSA) is 12.0 Å². The van der Waals surface area contributed by atoms with Gasteiger partial charge in [0, 0.05) is 18.5 Å². The van der Waals surface area contributed by atoms with E-state index in [0.29, 0.717) is 5.41 Å². The molecule has 1 saturated heterocycles. The summed E-state index contributed by atoms with van der Waals surface area (Å²) >= 11 is 0. The third kappa shape index (κ3) is 1.37. The van der Waals surface area contributed by atoms with Gasteiger partial charge in [0.05, 0.1) is 0 Å². The van der Waals surface area contributed by atoms with Crippen molar-refractivity contribution in [2.24, 2.45) is 0 Å². The van der Waals surface area contributed by atoms with Crippen LogP contribution in [0.2, 0.25) is 0 Å². The molecule has 0 atom stereocenters. The zero-order valence-corrected chi connectivity index (χ0v) is 8.43. The maximum absolute atomic E-state index is 3.37. The molecule has 0 unspecified atom stereocenters. The Hall–Kier alpha value is -0.820. The Kier molecular flexibility index (Phi) is 2.12. The highest BCUT2D eigenvalue weighted by Crippen LogP contribution is 2.31. The molecule has 1 heterocycles. The second-order valence-electron chi connectivity index (χ2n) is 4.10. The zero-order valence-electron chi connectivity index (χ0n) is 8.43. The van der Waals surface area contributed by atoms with Gasteiger partial charge in [0.25, 0.3) is 0 Å². The Morgan fingerprint density at radius 2 is 1.85 bits per heavy atom. The normalized spacial score (nSPS) is 19.5. The molecule has 1 aliphatic heterocycles. The summed E-state index contributed by atoms with van der Waals surface area (Å²) in [6.07, 6.45) is 1.24. The molecule has 13 heavy (non-hydrogen) atoms. The van der Waals surface area contributed by atoms with E-state index >= 15 is 0 Å². The van der Waals surface area contributed by atoms with E-state index < -0.39 is 0 Å². The van der Waals surface area contributed by atoms with Gasteiger partial charge in [-0.05, 0) is 18.9 Å². The molecule has 1 aromatic rings. The van der Waals surface area contributed by atoms with Crippen LogP contribution in [-0.2, 0) is 5.41 Å². The van der Waals surface area contributed by atoms with E-state index in [1.807, 2.05) is 0 Å². The minimum Gasteiger partial charge on any atom is -0.315 e. The number of rotatable bonds is 2. The van der Waals surface area contributed by atoms with Gasteiger partial charge in [-0.15, -0.1) is 0 Å². The highest BCUT2D eigenvalue weighted by Gasteiger charge is 2.36. The van der Waals surface area contributed by atoms with E-state index in [9.17, 15) is 0 Å². The summed E-state index contributed by atoms with van der Waals surface area (Å²) < 4.78 is 0. The lowest BCUT2D eigenvalue weighted by Crippen LogP contribution is -2.56. The van der Waals surface area contributed by atoms with Crippen LogP contribution < -0.4 is 5.32 Å². The smallest absolute Gasteiger partial charge is 0.0200 e. The average Bonchev–Trinajstić information content (AvgIpc) is 2.07. The van der Waals surface area contributed by atoms with Crippen molar-refractivity contribution in [3.8, 4) is 0 Å². The van der Waals surface area contributed by atoms with Crippen LogP contribution in [0.3, 0.4) is 0 Å². The second-order valence-corrected chi connectivity index (χ2v) is 4.10. The lowest BCUT2D eigenvalue weighted by molar-refractivity contribution is 0.267. The molecule has 1 aromatic carbocycles. The number of hydrogen-bond acceptors (Lipinski definition) is 1. The molecule has 1 aliphatic rings. The molecule has 0 amide bonds. The Morgan fingerprint density at radius 3 is 2.23 bits per heavy atom. The fraction of sp³-hybridized carbons (Fsp3) is 0.500. The van der Waals surface area contributed by atoms with Crippen LogP contribution in [0.4, 0.5) is 0 Å². The van der Waals surface area contributed by atoms with Crippen molar-refractivity contribution in [3.05, 3.63) is 35.4 Å². The SMILES string of the molecule is CCC1(c2ccc(C)cc2)CNC1.